The van der Waals surface area contributed by atoms with Crippen LogP contribution in [0.4, 0.5) is 44.2 Å². The van der Waals surface area contributed by atoms with E-state index in [-0.39, 0.29) is 66.7 Å². The number of nitrogens with two attached hydrogens (primary N) is 1. The van der Waals surface area contributed by atoms with E-state index in [0.29, 0.717) is 23.3 Å². The van der Waals surface area contributed by atoms with Crippen LogP contribution >= 0.6 is 0 Å². The van der Waals surface area contributed by atoms with Crippen molar-refractivity contribution in [3.63, 3.8) is 0 Å². The zero-order chi connectivity index (χ0) is 40.6. The van der Waals surface area contributed by atoms with Gasteiger partial charge in [-0.2, -0.15) is 0 Å². The molecule has 0 aromatic carbocycles. The topological polar surface area (TPSA) is 256 Å². The van der Waals surface area contributed by atoms with E-state index in [1.165, 1.54) is 6.07 Å². The second-order valence-electron chi connectivity index (χ2n) is 13.9. The van der Waals surface area contributed by atoms with Gasteiger partial charge in [-0.1, -0.05) is 12.1 Å². The largest absolute Gasteiger partial charge is 0.477 e. The average molecular weight is 783 g/mol. The third-order valence-corrected chi connectivity index (χ3v) is 9.53. The number of hydrogen-bond donors (Lipinski definition) is 7. The van der Waals surface area contributed by atoms with E-state index in [9.17, 15) is 24.3 Å². The number of amides is 5. The Morgan fingerprint density at radius 1 is 0.737 bits per heavy atom. The summed E-state index contributed by atoms with van der Waals surface area (Å²) in [5.41, 5.74) is 6.78. The third kappa shape index (κ3) is 9.34. The lowest BCUT2D eigenvalue weighted by molar-refractivity contribution is 0.0690. The van der Waals surface area contributed by atoms with E-state index < -0.39 is 5.97 Å². The molecule has 5 amide bonds. The van der Waals surface area contributed by atoms with Gasteiger partial charge >= 0.3 is 18.0 Å². The minimum absolute atomic E-state index is 0.0154. The van der Waals surface area contributed by atoms with Crippen molar-refractivity contribution in [1.29, 1.82) is 0 Å². The van der Waals surface area contributed by atoms with Gasteiger partial charge in [-0.25, -0.2) is 34.3 Å². The number of fused-ring (bicyclic) bond motifs is 8. The highest BCUT2D eigenvalue weighted by atomic mass is 16.4. The van der Waals surface area contributed by atoms with E-state index in [1.807, 2.05) is 6.07 Å². The van der Waals surface area contributed by atoms with Gasteiger partial charge in [0.25, 0.3) is 5.91 Å². The molecule has 4 aromatic rings. The fourth-order valence-corrected chi connectivity index (χ4v) is 6.74. The van der Waals surface area contributed by atoms with E-state index in [0.717, 1.165) is 50.4 Å². The van der Waals surface area contributed by atoms with Gasteiger partial charge in [0.05, 0.1) is 36.7 Å². The summed E-state index contributed by atoms with van der Waals surface area (Å²) >= 11 is 0. The Morgan fingerprint density at radius 2 is 1.21 bits per heavy atom. The second-order valence-corrected chi connectivity index (χ2v) is 13.9. The molecule has 0 aliphatic carbocycles. The number of nitrogens with zero attached hydrogens (tertiary/aromatic N) is 8. The van der Waals surface area contributed by atoms with Gasteiger partial charge in [-0.15, -0.1) is 0 Å². The van der Waals surface area contributed by atoms with Crippen molar-refractivity contribution in [2.75, 3.05) is 69.6 Å². The molecule has 2 saturated heterocycles. The maximum absolute atomic E-state index is 13.0. The quantitative estimate of drug-likeness (QED) is 0.142. The Hall–Kier alpha value is -6.44. The smallest absolute Gasteiger partial charge is 0.354 e. The van der Waals surface area contributed by atoms with E-state index in [1.54, 1.807) is 84.6 Å². The Bertz CT molecular complexity index is 2060. The van der Waals surface area contributed by atoms with Gasteiger partial charge in [0.15, 0.2) is 17.3 Å². The summed E-state index contributed by atoms with van der Waals surface area (Å²) in [6, 6.07) is 16.0. The number of aromatic nitrogens is 4. The van der Waals surface area contributed by atoms with Crippen LogP contribution in [0.5, 0.6) is 0 Å². The number of aliphatic hydroxyl groups excluding tert-OH is 2. The first-order valence-electron chi connectivity index (χ1n) is 18.5. The Balaban J connectivity index is 0.000000174. The third-order valence-electron chi connectivity index (χ3n) is 9.53. The molecule has 0 saturated carbocycles. The molecule has 2 fully saturated rings. The minimum atomic E-state index is -1.11. The average Bonchev–Trinajstić information content (AvgIpc) is 3.84. The summed E-state index contributed by atoms with van der Waals surface area (Å²) in [7, 11) is 0. The Labute approximate surface area is 328 Å². The zero-order valence-electron chi connectivity index (χ0n) is 31.5. The van der Waals surface area contributed by atoms with Crippen molar-refractivity contribution in [2.24, 2.45) is 5.73 Å². The van der Waals surface area contributed by atoms with Crippen molar-refractivity contribution in [3.8, 4) is 0 Å². The summed E-state index contributed by atoms with van der Waals surface area (Å²) in [6.45, 7) is 6.48. The molecule has 4 bridgehead atoms. The van der Waals surface area contributed by atoms with Gasteiger partial charge in [0.2, 0.25) is 0 Å². The number of anilines is 6. The molecular weight excluding hydrogens is 736 g/mol. The molecule has 19 nitrogen and oxygen atoms in total. The predicted octanol–water partition coefficient (Wildman–Crippen LogP) is 2.35. The van der Waals surface area contributed by atoms with Crippen LogP contribution in [-0.4, -0.2) is 123 Å². The summed E-state index contributed by atoms with van der Waals surface area (Å²) in [5.74, 6) is 0.251. The molecule has 4 aliphatic heterocycles. The van der Waals surface area contributed by atoms with Crippen molar-refractivity contribution >= 4 is 58.6 Å². The van der Waals surface area contributed by atoms with Crippen LogP contribution < -0.4 is 41.3 Å². The number of carbonyl (C=O) groups excluding carboxylic acids is 3. The van der Waals surface area contributed by atoms with Crippen LogP contribution in [0.2, 0.25) is 0 Å². The van der Waals surface area contributed by atoms with Gasteiger partial charge in [0.1, 0.15) is 17.3 Å². The monoisotopic (exact) mass is 782 g/mol. The highest BCUT2D eigenvalue weighted by molar-refractivity contribution is 6.06. The van der Waals surface area contributed by atoms with Crippen molar-refractivity contribution in [2.45, 2.75) is 50.9 Å². The van der Waals surface area contributed by atoms with Crippen LogP contribution in [0.25, 0.3) is 0 Å². The number of carboxylic acids is 1. The summed E-state index contributed by atoms with van der Waals surface area (Å²) in [4.78, 5) is 73.8. The molecular formula is C38H46N12O7. The van der Waals surface area contributed by atoms with Gasteiger partial charge in [-0.3, -0.25) is 25.2 Å². The van der Waals surface area contributed by atoms with Crippen LogP contribution in [-0.2, 0) is 0 Å². The molecule has 0 spiro atoms. The number of pyridine rings is 4. The molecule has 19 heteroatoms. The molecule has 4 atom stereocenters. The molecule has 300 valence electrons. The minimum Gasteiger partial charge on any atom is -0.477 e. The lowest BCUT2D eigenvalue weighted by atomic mass is 10.1. The van der Waals surface area contributed by atoms with Crippen molar-refractivity contribution in [3.05, 3.63) is 84.4 Å². The summed E-state index contributed by atoms with van der Waals surface area (Å²) < 4.78 is 0. The van der Waals surface area contributed by atoms with E-state index in [4.69, 9.17) is 15.9 Å². The number of rotatable bonds is 7. The molecule has 2 unspecified atom stereocenters. The highest BCUT2D eigenvalue weighted by Gasteiger charge is 2.42. The zero-order valence-corrected chi connectivity index (χ0v) is 31.5. The van der Waals surface area contributed by atoms with Crippen molar-refractivity contribution < 1.29 is 34.5 Å². The standard InChI is InChI=1S/C19H22N6O3.C16H15N5O3.C3H9NO/c1-12(11-26)21-18(27)14-5-6-15-17(22-14)25(13-7-9-24(15)10-13)19(28)23-16-4-2-3-8-20-16;22-15(23)11-4-5-12-14(18-11)21(10-6-8-20(12)9-10)16(24)19-13-3-1-2-7-17-13;1-3(4)2-5/h2-6,8,12-13,26H,7,9-11H2,1H3,(H,21,27)(H,20,23,28);1-5,7,10H,6,8-9H2,(H,22,23)(H,17,19,24);3,5H,2,4H2,1H3/t12?,13-;10-;/m00./s1. The number of carboxylic acid groups (broad SMARTS) is 1. The normalized spacial score (nSPS) is 18.1. The Morgan fingerprint density at radius 3 is 1.63 bits per heavy atom. The molecule has 0 radical (unpaired) electrons. The molecule has 57 heavy (non-hydrogen) atoms. The maximum Gasteiger partial charge on any atom is 0.354 e. The fourth-order valence-electron chi connectivity index (χ4n) is 6.74. The highest BCUT2D eigenvalue weighted by Crippen LogP contribution is 2.40. The van der Waals surface area contributed by atoms with Crippen molar-refractivity contribution in [1.82, 2.24) is 25.3 Å². The van der Waals surface area contributed by atoms with Gasteiger partial charge in [0, 0.05) is 50.7 Å². The second kappa shape index (κ2) is 18.0. The summed E-state index contributed by atoms with van der Waals surface area (Å²) in [6.07, 6.45) is 4.85. The molecule has 8 heterocycles. The number of aromatic carboxylic acids is 1. The molecule has 8 N–H and O–H groups in total. The first-order valence-corrected chi connectivity index (χ1v) is 18.5. The first kappa shape index (κ1) is 40.2. The Kier molecular flexibility index (Phi) is 12.7. The number of aliphatic hydroxyl groups is 2. The molecule has 4 aliphatic rings. The van der Waals surface area contributed by atoms with E-state index >= 15 is 0 Å². The number of nitrogens with one attached hydrogen (secondary N) is 3. The molecule has 8 rings (SSSR count). The fraction of sp³-hybridized carbons (Fsp3) is 0.368. The van der Waals surface area contributed by atoms with Crippen LogP contribution in [0.1, 0.15) is 47.7 Å². The summed E-state index contributed by atoms with van der Waals surface area (Å²) in [5, 5.41) is 34.6. The van der Waals surface area contributed by atoms with Crippen LogP contribution in [0.3, 0.4) is 0 Å². The van der Waals surface area contributed by atoms with Gasteiger partial charge < -0.3 is 36.2 Å². The lowest BCUT2D eigenvalue weighted by Gasteiger charge is -2.35. The van der Waals surface area contributed by atoms with Gasteiger partial charge in [-0.05, 0) is 75.2 Å². The van der Waals surface area contributed by atoms with Crippen LogP contribution in [0, 0.1) is 0 Å². The van der Waals surface area contributed by atoms with Crippen LogP contribution in [0.15, 0.2) is 73.1 Å². The first-order chi connectivity index (χ1) is 27.5. The maximum atomic E-state index is 13.0. The van der Waals surface area contributed by atoms with E-state index in [2.05, 4.69) is 45.7 Å². The number of carbonyl (C=O) groups is 4. The SMILES string of the molecule is CC(CO)NC(=O)c1ccc2c(n1)N(C(=O)Nc1ccccn1)[C@H]1CCN2C1.CC(N)CO.O=C(O)c1ccc2c(n1)N(C(=O)Nc1ccccn1)[C@H]1CCN2C1. The number of urea groups is 2. The lowest BCUT2D eigenvalue weighted by Crippen LogP contribution is -2.48. The predicted molar refractivity (Wildman–Crippen MR) is 213 cm³/mol. The number of hydrogen-bond acceptors (Lipinski definition) is 13. The molecule has 4 aromatic heterocycles.